The van der Waals surface area contributed by atoms with Crippen LogP contribution in [0.1, 0.15) is 30.6 Å². The highest BCUT2D eigenvalue weighted by atomic mass is 16.5. The summed E-state index contributed by atoms with van der Waals surface area (Å²) in [4.78, 5) is 25.9. The van der Waals surface area contributed by atoms with Crippen molar-refractivity contribution in [1.29, 1.82) is 0 Å². The normalized spacial score (nSPS) is 18.3. The quantitative estimate of drug-likeness (QED) is 0.819. The maximum atomic E-state index is 12.4. The summed E-state index contributed by atoms with van der Waals surface area (Å²) in [7, 11) is 1.59. The number of nitrogens with zero attached hydrogens (tertiary/aromatic N) is 1. The van der Waals surface area contributed by atoms with Crippen LogP contribution in [0.2, 0.25) is 0 Å². The van der Waals surface area contributed by atoms with Crippen LogP contribution in [0.5, 0.6) is 5.75 Å². The van der Waals surface area contributed by atoms with Crippen LogP contribution >= 0.6 is 0 Å². The fraction of sp³-hybridized carbons (Fsp3) is 0.467. The molecule has 0 unspecified atom stereocenters. The van der Waals surface area contributed by atoms with Gasteiger partial charge in [-0.3, -0.25) is 9.59 Å². The van der Waals surface area contributed by atoms with E-state index in [0.29, 0.717) is 25.1 Å². The van der Waals surface area contributed by atoms with Gasteiger partial charge >= 0.3 is 0 Å². The summed E-state index contributed by atoms with van der Waals surface area (Å²) >= 11 is 0. The van der Waals surface area contributed by atoms with E-state index in [1.807, 2.05) is 13.8 Å². The van der Waals surface area contributed by atoms with E-state index in [0.717, 1.165) is 5.75 Å². The molecule has 102 valence electrons. The van der Waals surface area contributed by atoms with Gasteiger partial charge in [-0.1, -0.05) is 13.8 Å². The summed E-state index contributed by atoms with van der Waals surface area (Å²) < 4.78 is 5.07. The molecule has 0 aromatic heterocycles. The largest absolute Gasteiger partial charge is 0.497 e. The summed E-state index contributed by atoms with van der Waals surface area (Å²) in [6, 6.07) is 7.05. The van der Waals surface area contributed by atoms with Gasteiger partial charge in [-0.05, 0) is 24.3 Å². The number of piperidine rings is 1. The average molecular weight is 261 g/mol. The fourth-order valence-electron chi connectivity index (χ4n) is 2.31. The predicted octanol–water partition coefficient (Wildman–Crippen LogP) is 2.14. The van der Waals surface area contributed by atoms with E-state index >= 15 is 0 Å². The molecule has 1 fully saturated rings. The van der Waals surface area contributed by atoms with E-state index in [1.165, 1.54) is 0 Å². The van der Waals surface area contributed by atoms with E-state index < -0.39 is 5.41 Å². The lowest BCUT2D eigenvalue weighted by molar-refractivity contribution is -0.130. The van der Waals surface area contributed by atoms with Crippen LogP contribution in [0.25, 0.3) is 0 Å². The molecular weight excluding hydrogens is 242 g/mol. The van der Waals surface area contributed by atoms with Crippen LogP contribution < -0.4 is 4.74 Å². The number of hydrogen-bond donors (Lipinski definition) is 0. The van der Waals surface area contributed by atoms with E-state index in [9.17, 15) is 9.59 Å². The SMILES string of the molecule is COc1ccc(C(=O)N2CCC(=O)C(C)(C)C2)cc1. The lowest BCUT2D eigenvalue weighted by Gasteiger charge is -2.36. The lowest BCUT2D eigenvalue weighted by Crippen LogP contribution is -2.48. The van der Waals surface area contributed by atoms with Gasteiger partial charge in [0.15, 0.2) is 0 Å². The van der Waals surface area contributed by atoms with Crippen molar-refractivity contribution in [3.63, 3.8) is 0 Å². The molecule has 0 saturated carbocycles. The van der Waals surface area contributed by atoms with Gasteiger partial charge in [-0.15, -0.1) is 0 Å². The Kier molecular flexibility index (Phi) is 3.60. The standard InChI is InChI=1S/C15H19NO3/c1-15(2)10-16(9-8-13(15)17)14(18)11-4-6-12(19-3)7-5-11/h4-7H,8-10H2,1-3H3. The number of rotatable bonds is 2. The first kappa shape index (κ1) is 13.6. The zero-order valence-electron chi connectivity index (χ0n) is 11.6. The van der Waals surface area contributed by atoms with Gasteiger partial charge in [-0.25, -0.2) is 0 Å². The molecule has 0 radical (unpaired) electrons. The predicted molar refractivity (Wildman–Crippen MR) is 72.3 cm³/mol. The number of ether oxygens (including phenoxy) is 1. The molecule has 1 saturated heterocycles. The minimum atomic E-state index is -0.444. The van der Waals surface area contributed by atoms with Crippen molar-refractivity contribution in [3.8, 4) is 5.75 Å². The van der Waals surface area contributed by atoms with E-state index in [4.69, 9.17) is 4.74 Å². The van der Waals surface area contributed by atoms with Crippen LogP contribution in [0.15, 0.2) is 24.3 Å². The number of hydrogen-bond acceptors (Lipinski definition) is 3. The number of ketones is 1. The molecule has 1 aliphatic heterocycles. The number of amides is 1. The number of carbonyl (C=O) groups is 2. The second kappa shape index (κ2) is 5.03. The second-order valence-electron chi connectivity index (χ2n) is 5.51. The molecule has 0 bridgehead atoms. The molecule has 1 aromatic rings. The number of methoxy groups -OCH3 is 1. The van der Waals surface area contributed by atoms with Crippen LogP contribution in [0, 0.1) is 5.41 Å². The summed E-state index contributed by atoms with van der Waals surface area (Å²) in [6.07, 6.45) is 0.439. The van der Waals surface area contributed by atoms with Gasteiger partial charge < -0.3 is 9.64 Å². The smallest absolute Gasteiger partial charge is 0.253 e. The number of likely N-dealkylation sites (tertiary alicyclic amines) is 1. The Labute approximate surface area is 113 Å². The number of Topliss-reactive ketones (excluding diaryl/α,β-unsaturated/α-hetero) is 1. The molecule has 4 nitrogen and oxygen atoms in total. The summed E-state index contributed by atoms with van der Waals surface area (Å²) in [5.74, 6) is 0.931. The number of carbonyl (C=O) groups excluding carboxylic acids is 2. The Balaban J connectivity index is 2.13. The Hall–Kier alpha value is -1.84. The first-order valence-corrected chi connectivity index (χ1v) is 6.41. The van der Waals surface area contributed by atoms with Crippen LogP contribution in [-0.2, 0) is 4.79 Å². The van der Waals surface area contributed by atoms with Crippen LogP contribution in [-0.4, -0.2) is 36.8 Å². The molecule has 0 spiro atoms. The van der Waals surface area contributed by atoms with E-state index in [1.54, 1.807) is 36.3 Å². The molecule has 19 heavy (non-hydrogen) atoms. The summed E-state index contributed by atoms with van der Waals surface area (Å²) in [6.45, 7) is 4.77. The van der Waals surface area contributed by atoms with Crippen molar-refractivity contribution in [3.05, 3.63) is 29.8 Å². The minimum absolute atomic E-state index is 0.0248. The highest BCUT2D eigenvalue weighted by Crippen LogP contribution is 2.26. The Morgan fingerprint density at radius 3 is 2.42 bits per heavy atom. The van der Waals surface area contributed by atoms with Crippen molar-refractivity contribution in [2.75, 3.05) is 20.2 Å². The first-order valence-electron chi connectivity index (χ1n) is 6.41. The third-order valence-corrected chi connectivity index (χ3v) is 3.57. The van der Waals surface area contributed by atoms with E-state index in [-0.39, 0.29) is 11.7 Å². The molecule has 0 atom stereocenters. The highest BCUT2D eigenvalue weighted by molar-refractivity contribution is 5.96. The lowest BCUT2D eigenvalue weighted by atomic mass is 9.82. The molecule has 1 aliphatic rings. The van der Waals surface area contributed by atoms with Crippen molar-refractivity contribution in [2.24, 2.45) is 5.41 Å². The third kappa shape index (κ3) is 2.78. The van der Waals surface area contributed by atoms with Crippen LogP contribution in [0.3, 0.4) is 0 Å². The van der Waals surface area contributed by atoms with Gasteiger partial charge in [0.1, 0.15) is 11.5 Å². The minimum Gasteiger partial charge on any atom is -0.497 e. The molecule has 0 N–H and O–H groups in total. The fourth-order valence-corrected chi connectivity index (χ4v) is 2.31. The third-order valence-electron chi connectivity index (χ3n) is 3.57. The van der Waals surface area contributed by atoms with Gasteiger partial charge in [0.25, 0.3) is 5.91 Å². The van der Waals surface area contributed by atoms with Crippen LogP contribution in [0.4, 0.5) is 0 Å². The molecule has 1 heterocycles. The number of benzene rings is 1. The van der Waals surface area contributed by atoms with Gasteiger partial charge in [-0.2, -0.15) is 0 Å². The zero-order valence-corrected chi connectivity index (χ0v) is 11.6. The molecule has 2 rings (SSSR count). The Bertz CT molecular complexity index is 491. The second-order valence-corrected chi connectivity index (χ2v) is 5.51. The van der Waals surface area contributed by atoms with Gasteiger partial charge in [0.2, 0.25) is 0 Å². The van der Waals surface area contributed by atoms with Gasteiger partial charge in [0.05, 0.1) is 7.11 Å². The highest BCUT2D eigenvalue weighted by Gasteiger charge is 2.36. The molecule has 4 heteroatoms. The molecule has 0 aliphatic carbocycles. The topological polar surface area (TPSA) is 46.6 Å². The Morgan fingerprint density at radius 2 is 1.89 bits per heavy atom. The van der Waals surface area contributed by atoms with Gasteiger partial charge in [0, 0.05) is 30.5 Å². The maximum absolute atomic E-state index is 12.4. The summed E-state index contributed by atoms with van der Waals surface area (Å²) in [5.41, 5.74) is 0.186. The Morgan fingerprint density at radius 1 is 1.26 bits per heavy atom. The zero-order chi connectivity index (χ0) is 14.0. The maximum Gasteiger partial charge on any atom is 0.253 e. The molecule has 1 amide bonds. The molecular formula is C15H19NO3. The monoisotopic (exact) mass is 261 g/mol. The van der Waals surface area contributed by atoms with Crippen molar-refractivity contribution >= 4 is 11.7 Å². The van der Waals surface area contributed by atoms with E-state index in [2.05, 4.69) is 0 Å². The van der Waals surface area contributed by atoms with Crippen molar-refractivity contribution < 1.29 is 14.3 Å². The molecule has 1 aromatic carbocycles. The summed E-state index contributed by atoms with van der Waals surface area (Å²) in [5, 5.41) is 0. The van der Waals surface area contributed by atoms with Crippen molar-refractivity contribution in [1.82, 2.24) is 4.90 Å². The first-order chi connectivity index (χ1) is 8.94. The van der Waals surface area contributed by atoms with Crippen molar-refractivity contribution in [2.45, 2.75) is 20.3 Å². The average Bonchev–Trinajstić information content (AvgIpc) is 2.41.